The van der Waals surface area contributed by atoms with Gasteiger partial charge in [0.2, 0.25) is 35.4 Å². The summed E-state index contributed by atoms with van der Waals surface area (Å²) in [5, 5.41) is 62.5. The minimum atomic E-state index is -1.03. The lowest BCUT2D eigenvalue weighted by molar-refractivity contribution is -0.126. The molecule has 31 heteroatoms. The van der Waals surface area contributed by atoms with Crippen LogP contribution in [0.3, 0.4) is 0 Å². The van der Waals surface area contributed by atoms with Crippen molar-refractivity contribution in [3.63, 3.8) is 0 Å². The highest BCUT2D eigenvalue weighted by Gasteiger charge is 2.47. The van der Waals surface area contributed by atoms with E-state index in [2.05, 4.69) is 26.6 Å². The van der Waals surface area contributed by atoms with E-state index in [1.807, 2.05) is 0 Å². The van der Waals surface area contributed by atoms with Gasteiger partial charge >= 0.3 is 0 Å². The van der Waals surface area contributed by atoms with E-state index >= 15 is 0 Å². The maximum Gasteiger partial charge on any atom is 0.243 e. The molecule has 27 N–H and O–H groups in total. The summed E-state index contributed by atoms with van der Waals surface area (Å²) in [4.78, 5) is 88.0. The van der Waals surface area contributed by atoms with Crippen LogP contribution in [0.2, 0.25) is 0 Å². The molecule has 6 aliphatic rings. The van der Waals surface area contributed by atoms with Gasteiger partial charge in [0.05, 0.1) is 0 Å². The molecular formula is C36H63N25O6. The number of rotatable bonds is 11. The van der Waals surface area contributed by atoms with E-state index in [0.29, 0.717) is 0 Å². The zero-order valence-corrected chi connectivity index (χ0v) is 36.7. The number of nitrogens with zero attached hydrogens (tertiary/aromatic N) is 6. The monoisotopic (exact) mass is 942 g/mol. The molecule has 6 amide bonds. The van der Waals surface area contributed by atoms with Crippen molar-refractivity contribution in [1.29, 1.82) is 32.5 Å². The molecule has 0 aromatic carbocycles. The predicted molar refractivity (Wildman–Crippen MR) is 239 cm³/mol. The Hall–Kier alpha value is -7.60. The molecule has 6 heterocycles. The zero-order chi connectivity index (χ0) is 49.3. The van der Waals surface area contributed by atoms with Crippen LogP contribution >= 0.6 is 0 Å². The number of primary amides is 1. The number of hydrogen-bond acceptors (Lipinski definition) is 13. The van der Waals surface area contributed by atoms with Gasteiger partial charge in [-0.2, -0.15) is 0 Å². The van der Waals surface area contributed by atoms with Crippen LogP contribution in [0.1, 0.15) is 38.5 Å². The second kappa shape index (κ2) is 19.5. The molecule has 368 valence electrons. The van der Waals surface area contributed by atoms with Crippen LogP contribution in [0, 0.1) is 32.5 Å². The van der Waals surface area contributed by atoms with E-state index in [4.69, 9.17) is 78.3 Å². The van der Waals surface area contributed by atoms with E-state index < -0.39 is 126 Å². The molecule has 12 atom stereocenters. The number of nitrogens with two attached hydrogens (primary N) is 8. The van der Waals surface area contributed by atoms with Gasteiger partial charge in [-0.1, -0.05) is 0 Å². The molecule has 31 nitrogen and oxygen atoms in total. The summed E-state index contributed by atoms with van der Waals surface area (Å²) < 4.78 is 0. The SMILES string of the molecule is N=C(N)N1C[C@@H](NC(=O)[C@@H]2C[C@H](NC(=O)[C@@H]3C[C@H](NC(=O)[C@@H]4C[C@H](NC(=O)[C@@H]5C[C@H](NC(=O)[C@@H]6C[C@H](N)CN6C(=N)N)CN5C(=N)N)CN4C(=N)N)CN3C(=N)N)CN2C(=N)N)C[C@H]1C(N)=O. The molecule has 0 aromatic heterocycles. The Balaban J connectivity index is 1.03. The second-order valence-electron chi connectivity index (χ2n) is 17.9. The number of guanidine groups is 6. The number of carbonyl (C=O) groups excluding carboxylic acids is 6. The fraction of sp³-hybridized carbons (Fsp3) is 0.667. The van der Waals surface area contributed by atoms with Crippen LogP contribution in [0.5, 0.6) is 0 Å². The molecule has 0 aromatic rings. The summed E-state index contributed by atoms with van der Waals surface area (Å²) in [6, 6.07) is -9.34. The Morgan fingerprint density at radius 2 is 0.522 bits per heavy atom. The Morgan fingerprint density at radius 1 is 0.328 bits per heavy atom. The van der Waals surface area contributed by atoms with Crippen molar-refractivity contribution in [2.45, 2.75) is 111 Å². The third-order valence-electron chi connectivity index (χ3n) is 13.3. The smallest absolute Gasteiger partial charge is 0.243 e. The molecule has 67 heavy (non-hydrogen) atoms. The average molecular weight is 942 g/mol. The van der Waals surface area contributed by atoms with Crippen molar-refractivity contribution in [3.05, 3.63) is 0 Å². The second-order valence-corrected chi connectivity index (χ2v) is 17.9. The van der Waals surface area contributed by atoms with Crippen LogP contribution in [0.25, 0.3) is 0 Å². The van der Waals surface area contributed by atoms with Crippen LogP contribution in [-0.2, 0) is 28.8 Å². The van der Waals surface area contributed by atoms with Crippen LogP contribution < -0.4 is 72.5 Å². The molecule has 6 aliphatic heterocycles. The third kappa shape index (κ3) is 10.6. The van der Waals surface area contributed by atoms with E-state index in [-0.39, 0.29) is 95.8 Å². The Morgan fingerprint density at radius 3 is 0.731 bits per heavy atom. The van der Waals surface area contributed by atoms with Gasteiger partial charge in [0.1, 0.15) is 36.3 Å². The molecule has 0 spiro atoms. The van der Waals surface area contributed by atoms with Gasteiger partial charge in [0, 0.05) is 75.5 Å². The maximum atomic E-state index is 13.9. The lowest BCUT2D eigenvalue weighted by Crippen LogP contribution is -2.52. The highest BCUT2D eigenvalue weighted by atomic mass is 16.2. The molecular weight excluding hydrogens is 879 g/mol. The Kier molecular flexibility index (Phi) is 14.2. The van der Waals surface area contributed by atoms with Crippen molar-refractivity contribution in [3.8, 4) is 0 Å². The summed E-state index contributed by atoms with van der Waals surface area (Å²) in [6.45, 7) is 0.271. The van der Waals surface area contributed by atoms with Gasteiger partial charge in [-0.25, -0.2) is 0 Å². The number of hydrogen-bond donors (Lipinski definition) is 19. The largest absolute Gasteiger partial charge is 0.370 e. The van der Waals surface area contributed by atoms with Gasteiger partial charge in [-0.3, -0.25) is 61.2 Å². The highest BCUT2D eigenvalue weighted by Crippen LogP contribution is 2.26. The van der Waals surface area contributed by atoms with Crippen molar-refractivity contribution in [1.82, 2.24) is 56.0 Å². The van der Waals surface area contributed by atoms with Gasteiger partial charge in [0.25, 0.3) is 0 Å². The Bertz CT molecular complexity index is 2070. The molecule has 6 saturated heterocycles. The third-order valence-corrected chi connectivity index (χ3v) is 13.3. The normalized spacial score (nSPS) is 31.3. The van der Waals surface area contributed by atoms with Gasteiger partial charge in [0.15, 0.2) is 35.8 Å². The lowest BCUT2D eigenvalue weighted by Gasteiger charge is -2.26. The van der Waals surface area contributed by atoms with E-state index in [1.54, 1.807) is 0 Å². The van der Waals surface area contributed by atoms with E-state index in [9.17, 15) is 28.8 Å². The van der Waals surface area contributed by atoms with Crippen LogP contribution in [0.4, 0.5) is 0 Å². The molecule has 6 fully saturated rings. The first-order valence-electron chi connectivity index (χ1n) is 21.6. The predicted octanol–water partition coefficient (Wildman–Crippen LogP) is -9.97. The lowest BCUT2D eigenvalue weighted by atomic mass is 10.1. The minimum Gasteiger partial charge on any atom is -0.370 e. The number of nitrogens with one attached hydrogen (secondary N) is 11. The van der Waals surface area contributed by atoms with Crippen LogP contribution in [-0.4, -0.2) is 212 Å². The fourth-order valence-electron chi connectivity index (χ4n) is 10.2. The zero-order valence-electron chi connectivity index (χ0n) is 36.7. The first-order chi connectivity index (χ1) is 31.4. The maximum absolute atomic E-state index is 13.9. The number of amides is 6. The van der Waals surface area contributed by atoms with E-state index in [1.165, 1.54) is 29.4 Å². The molecule has 0 saturated carbocycles. The minimum absolute atomic E-state index is 0.00707. The van der Waals surface area contributed by atoms with Gasteiger partial charge in [-0.15, -0.1) is 0 Å². The van der Waals surface area contributed by atoms with E-state index in [0.717, 1.165) is 0 Å². The molecule has 6 rings (SSSR count). The first-order valence-corrected chi connectivity index (χ1v) is 21.6. The number of carbonyl (C=O) groups is 6. The fourth-order valence-corrected chi connectivity index (χ4v) is 10.2. The standard InChI is InChI=1S/C36H63N25O6/c37-13-1-20(56(7-13)31(39)40)26(63)52-15-3-22(58(9-15)33(43)44)28(65)54-17-5-24(60(11-17)35(47)48)30(67)55-18-6-23(61(12-18)36(49)50)29(66)53-16-4-21(59(10-16)34(45)46)27(64)51-14-2-19(25(38)62)57(8-14)32(41)42/h13-24H,1-12,37H2,(H2,38,62)(H3,39,40)(H3,41,42)(H3,43,44)(H3,45,46)(H3,47,48)(H3,49,50)(H,51,64)(H,52,63)(H,53,66)(H,54,65)(H,55,67)/t13-,14-,15-,16-,17-,18-,19-,20-,21-,22-,23-,24-/m0/s1. The van der Waals surface area contributed by atoms with Crippen LogP contribution in [0.15, 0.2) is 0 Å². The topological polar surface area (TPSA) is 533 Å². The van der Waals surface area contributed by atoms with Crippen molar-refractivity contribution < 1.29 is 28.8 Å². The van der Waals surface area contributed by atoms with Crippen molar-refractivity contribution >= 4 is 71.2 Å². The molecule has 0 aliphatic carbocycles. The summed E-state index contributed by atoms with van der Waals surface area (Å²) in [6.07, 6.45) is 0.521. The van der Waals surface area contributed by atoms with Gasteiger partial charge in [-0.05, 0) is 38.5 Å². The molecule has 0 unspecified atom stereocenters. The highest BCUT2D eigenvalue weighted by molar-refractivity contribution is 5.94. The van der Waals surface area contributed by atoms with Crippen molar-refractivity contribution in [2.24, 2.45) is 45.9 Å². The first kappa shape index (κ1) is 48.8. The van der Waals surface area contributed by atoms with Crippen molar-refractivity contribution in [2.75, 3.05) is 39.3 Å². The quantitative estimate of drug-likeness (QED) is 0.0675. The summed E-state index contributed by atoms with van der Waals surface area (Å²) >= 11 is 0. The summed E-state index contributed by atoms with van der Waals surface area (Å²) in [7, 11) is 0. The molecule has 0 bridgehead atoms. The Labute approximate surface area is 384 Å². The van der Waals surface area contributed by atoms with Gasteiger partial charge < -0.3 is 102 Å². The summed E-state index contributed by atoms with van der Waals surface area (Å²) in [5.74, 6) is -5.73. The average Bonchev–Trinajstić information content (AvgIpc) is 4.09. The summed E-state index contributed by atoms with van der Waals surface area (Å²) in [5.41, 5.74) is 46.2. The number of likely N-dealkylation sites (tertiary alicyclic amines) is 6. The molecule has 0 radical (unpaired) electrons.